The number of fused-ring (bicyclic) bond motifs is 1. The Kier molecular flexibility index (Phi) is 6.01. The van der Waals surface area contributed by atoms with E-state index >= 15 is 0 Å². The Morgan fingerprint density at radius 2 is 1.83 bits per heavy atom. The van der Waals surface area contributed by atoms with Crippen molar-refractivity contribution in [2.45, 2.75) is 0 Å². The molecular formula is C17H17ClN4O5S2. The van der Waals surface area contributed by atoms with Gasteiger partial charge in [-0.2, -0.15) is 0 Å². The van der Waals surface area contributed by atoms with E-state index in [1.807, 2.05) is 0 Å². The number of thiazole rings is 1. The summed E-state index contributed by atoms with van der Waals surface area (Å²) in [6, 6.07) is 7.61. The number of hydrogen-bond donors (Lipinski definition) is 3. The second kappa shape index (κ2) is 8.31. The van der Waals surface area contributed by atoms with Crippen LogP contribution in [0.5, 0.6) is 11.5 Å². The van der Waals surface area contributed by atoms with Gasteiger partial charge in [0.1, 0.15) is 11.5 Å². The van der Waals surface area contributed by atoms with Crippen molar-refractivity contribution in [3.63, 3.8) is 0 Å². The maximum Gasteiger partial charge on any atom is 0.323 e. The topological polar surface area (TPSA) is 119 Å². The standard InChI is InChI=1S/C17H17ClN4O5S2/c1-26-13-8-14(27-2)12(7-10(13)18)20-16(23)19-9-4-5-11-15(6-9)28-17(21-11)22-29(3,24)25/h4-8H,1-3H3,(H,21,22)(H2,19,20,23). The second-order valence-corrected chi connectivity index (χ2v) is 9.03. The van der Waals surface area contributed by atoms with E-state index in [1.165, 1.54) is 20.3 Å². The Hall–Kier alpha value is -2.76. The van der Waals surface area contributed by atoms with Crippen molar-refractivity contribution >= 4 is 65.7 Å². The number of carbonyl (C=O) groups excluding carboxylic acids is 1. The maximum absolute atomic E-state index is 12.4. The average molecular weight is 457 g/mol. The Bertz CT molecular complexity index is 1180. The predicted molar refractivity (Wildman–Crippen MR) is 115 cm³/mol. The Morgan fingerprint density at radius 1 is 1.10 bits per heavy atom. The summed E-state index contributed by atoms with van der Waals surface area (Å²) >= 11 is 7.27. The molecule has 0 unspecified atom stereocenters. The lowest BCUT2D eigenvalue weighted by Gasteiger charge is -2.13. The van der Waals surface area contributed by atoms with Crippen molar-refractivity contribution in [1.82, 2.24) is 4.98 Å². The van der Waals surface area contributed by atoms with Crippen LogP contribution >= 0.6 is 22.9 Å². The van der Waals surface area contributed by atoms with Gasteiger partial charge in [-0.3, -0.25) is 4.72 Å². The van der Waals surface area contributed by atoms with Crippen molar-refractivity contribution in [1.29, 1.82) is 0 Å². The molecule has 0 bridgehead atoms. The van der Waals surface area contributed by atoms with Crippen LogP contribution < -0.4 is 24.8 Å². The molecule has 0 spiro atoms. The van der Waals surface area contributed by atoms with Crippen LogP contribution in [-0.2, 0) is 10.0 Å². The first-order chi connectivity index (χ1) is 13.7. The van der Waals surface area contributed by atoms with Crippen molar-refractivity contribution in [2.75, 3.05) is 35.8 Å². The molecule has 3 rings (SSSR count). The van der Waals surface area contributed by atoms with Gasteiger partial charge >= 0.3 is 6.03 Å². The number of ether oxygens (including phenoxy) is 2. The largest absolute Gasteiger partial charge is 0.495 e. The molecule has 0 aliphatic rings. The van der Waals surface area contributed by atoms with Gasteiger partial charge in [-0.25, -0.2) is 18.2 Å². The molecule has 0 saturated carbocycles. The molecule has 0 fully saturated rings. The van der Waals surface area contributed by atoms with Crippen molar-refractivity contribution in [3.8, 4) is 11.5 Å². The lowest BCUT2D eigenvalue weighted by molar-refractivity contribution is 0.262. The third kappa shape index (κ3) is 5.19. The zero-order valence-electron chi connectivity index (χ0n) is 15.6. The Morgan fingerprint density at radius 3 is 2.48 bits per heavy atom. The molecule has 12 heteroatoms. The van der Waals surface area contributed by atoms with Crippen molar-refractivity contribution in [2.24, 2.45) is 0 Å². The fourth-order valence-corrected chi connectivity index (χ4v) is 4.43. The normalized spacial score (nSPS) is 11.2. The average Bonchev–Trinajstić information content (AvgIpc) is 3.01. The third-order valence-corrected chi connectivity index (χ3v) is 5.56. The minimum Gasteiger partial charge on any atom is -0.495 e. The van der Waals surface area contributed by atoms with Crippen LogP contribution in [0.3, 0.4) is 0 Å². The molecule has 2 amide bonds. The zero-order valence-corrected chi connectivity index (χ0v) is 18.0. The number of urea groups is 1. The van der Waals surface area contributed by atoms with Crippen LogP contribution in [0.15, 0.2) is 30.3 Å². The first kappa shape index (κ1) is 21.0. The predicted octanol–water partition coefficient (Wildman–Crippen LogP) is 3.98. The van der Waals surface area contributed by atoms with Crippen LogP contribution in [0.2, 0.25) is 5.02 Å². The van der Waals surface area contributed by atoms with E-state index in [-0.39, 0.29) is 5.13 Å². The van der Waals surface area contributed by atoms with Gasteiger partial charge in [0.15, 0.2) is 5.13 Å². The van der Waals surface area contributed by atoms with E-state index in [0.29, 0.717) is 38.1 Å². The number of nitrogens with zero attached hydrogens (tertiary/aromatic N) is 1. The monoisotopic (exact) mass is 456 g/mol. The first-order valence-corrected chi connectivity index (χ1v) is 11.1. The number of sulfonamides is 1. The molecule has 0 atom stereocenters. The molecule has 1 heterocycles. The van der Waals surface area contributed by atoms with E-state index in [9.17, 15) is 13.2 Å². The summed E-state index contributed by atoms with van der Waals surface area (Å²) < 4.78 is 36.1. The van der Waals surface area contributed by atoms with E-state index < -0.39 is 16.1 Å². The summed E-state index contributed by atoms with van der Waals surface area (Å²) in [6.07, 6.45) is 1.05. The molecule has 1 aromatic heterocycles. The van der Waals surface area contributed by atoms with Gasteiger partial charge in [0.05, 0.1) is 41.4 Å². The third-order valence-electron chi connectivity index (χ3n) is 3.64. The molecule has 3 aromatic rings. The van der Waals surface area contributed by atoms with Crippen LogP contribution in [0, 0.1) is 0 Å². The number of benzene rings is 2. The molecule has 2 aromatic carbocycles. The summed E-state index contributed by atoms with van der Waals surface area (Å²) in [6.45, 7) is 0. The molecule has 0 saturated heterocycles. The highest BCUT2D eigenvalue weighted by molar-refractivity contribution is 7.92. The molecule has 9 nitrogen and oxygen atoms in total. The summed E-state index contributed by atoms with van der Waals surface area (Å²) in [5.41, 5.74) is 1.48. The Labute approximate surface area is 176 Å². The van der Waals surface area contributed by atoms with Crippen LogP contribution in [-0.4, -0.2) is 39.9 Å². The van der Waals surface area contributed by atoms with Gasteiger partial charge in [0.25, 0.3) is 0 Å². The fourth-order valence-electron chi connectivity index (χ4n) is 2.45. The van der Waals surface area contributed by atoms with E-state index in [4.69, 9.17) is 21.1 Å². The SMILES string of the molecule is COc1cc(OC)c(NC(=O)Nc2ccc3nc(NS(C)(=O)=O)sc3c2)cc1Cl. The smallest absolute Gasteiger partial charge is 0.323 e. The number of methoxy groups -OCH3 is 2. The van der Waals surface area contributed by atoms with Gasteiger partial charge in [-0.05, 0) is 24.3 Å². The molecule has 154 valence electrons. The Balaban J connectivity index is 1.77. The summed E-state index contributed by atoms with van der Waals surface area (Å²) in [5.74, 6) is 0.805. The quantitative estimate of drug-likeness (QED) is 0.516. The number of anilines is 3. The number of rotatable bonds is 6. The summed E-state index contributed by atoms with van der Waals surface area (Å²) in [4.78, 5) is 16.6. The van der Waals surface area contributed by atoms with Crippen LogP contribution in [0.1, 0.15) is 0 Å². The van der Waals surface area contributed by atoms with Crippen LogP contribution in [0.4, 0.5) is 21.3 Å². The van der Waals surface area contributed by atoms with E-state index in [2.05, 4.69) is 20.3 Å². The van der Waals surface area contributed by atoms with E-state index in [1.54, 1.807) is 24.3 Å². The van der Waals surface area contributed by atoms with Gasteiger partial charge in [-0.15, -0.1) is 0 Å². The van der Waals surface area contributed by atoms with Crippen molar-refractivity contribution < 1.29 is 22.7 Å². The maximum atomic E-state index is 12.4. The fraction of sp³-hybridized carbons (Fsp3) is 0.176. The molecule has 0 aliphatic heterocycles. The number of hydrogen-bond acceptors (Lipinski definition) is 7. The lowest BCUT2D eigenvalue weighted by Crippen LogP contribution is -2.19. The second-order valence-electron chi connectivity index (χ2n) is 5.84. The zero-order chi connectivity index (χ0) is 21.2. The highest BCUT2D eigenvalue weighted by Gasteiger charge is 2.14. The number of nitrogens with one attached hydrogen (secondary N) is 3. The van der Waals surface area contributed by atoms with Crippen molar-refractivity contribution in [3.05, 3.63) is 35.4 Å². The first-order valence-electron chi connectivity index (χ1n) is 8.06. The summed E-state index contributed by atoms with van der Waals surface area (Å²) in [7, 11) is -0.474. The molecule has 29 heavy (non-hydrogen) atoms. The molecule has 0 radical (unpaired) electrons. The minimum absolute atomic E-state index is 0.252. The van der Waals surface area contributed by atoms with Gasteiger partial charge in [0, 0.05) is 11.8 Å². The number of amides is 2. The number of aromatic nitrogens is 1. The van der Waals surface area contributed by atoms with Gasteiger partial charge in [0.2, 0.25) is 10.0 Å². The number of carbonyl (C=O) groups is 1. The lowest BCUT2D eigenvalue weighted by atomic mass is 10.2. The molecular weight excluding hydrogens is 440 g/mol. The number of halogens is 1. The summed E-state index contributed by atoms with van der Waals surface area (Å²) in [5, 5.41) is 5.94. The highest BCUT2D eigenvalue weighted by atomic mass is 35.5. The highest BCUT2D eigenvalue weighted by Crippen LogP contribution is 2.36. The minimum atomic E-state index is -3.42. The molecule has 3 N–H and O–H groups in total. The van der Waals surface area contributed by atoms with Gasteiger partial charge in [-0.1, -0.05) is 22.9 Å². The van der Waals surface area contributed by atoms with Gasteiger partial charge < -0.3 is 20.1 Å². The van der Waals surface area contributed by atoms with Crippen LogP contribution in [0.25, 0.3) is 10.2 Å². The van der Waals surface area contributed by atoms with E-state index in [0.717, 1.165) is 17.6 Å². The molecule has 0 aliphatic carbocycles.